The summed E-state index contributed by atoms with van der Waals surface area (Å²) < 4.78 is 0. The number of likely N-dealkylation sites (tertiary alicyclic amines) is 1. The lowest BCUT2D eigenvalue weighted by Gasteiger charge is -2.49. The number of hydrogen-bond donors (Lipinski definition) is 2. The fourth-order valence-electron chi connectivity index (χ4n) is 4.34. The van der Waals surface area contributed by atoms with Gasteiger partial charge in [0.05, 0.1) is 17.7 Å². The Balaban J connectivity index is 1.76. The number of hydrogen-bond acceptors (Lipinski definition) is 4. The van der Waals surface area contributed by atoms with Crippen molar-refractivity contribution in [3.63, 3.8) is 0 Å². The Labute approximate surface area is 185 Å². The first-order valence-electron chi connectivity index (χ1n) is 11.0. The second-order valence-corrected chi connectivity index (χ2v) is 11.0. The predicted octanol–water partition coefficient (Wildman–Crippen LogP) is 4.80. The molecule has 0 bridgehead atoms. The standard InChI is InChI=1S/C25H36N2O2S/c1-24(2,3)18-21(28)26-23-22(20-13-9-17-30-20)27(16-14-25(23,4)29)15-8-12-19-10-6-5-7-11-19/h5-7,9-11,13,17,22-23,29H,8,12,14-16,18H2,1-4H3,(H,26,28)/t22-,23-,25+/m0/s1. The Morgan fingerprint density at radius 3 is 2.60 bits per heavy atom. The van der Waals surface area contributed by atoms with Crippen LogP contribution >= 0.6 is 11.3 Å². The average Bonchev–Trinajstić information content (AvgIpc) is 3.18. The summed E-state index contributed by atoms with van der Waals surface area (Å²) in [6.45, 7) is 9.85. The Kier molecular flexibility index (Phi) is 7.38. The van der Waals surface area contributed by atoms with E-state index in [9.17, 15) is 9.90 Å². The number of aryl methyl sites for hydroxylation is 1. The van der Waals surface area contributed by atoms with E-state index < -0.39 is 5.60 Å². The van der Waals surface area contributed by atoms with Crippen LogP contribution < -0.4 is 5.32 Å². The maximum Gasteiger partial charge on any atom is 0.220 e. The SMILES string of the molecule is CC(C)(C)CC(=O)N[C@H]1[C@H](c2cccs2)N(CCCc2ccccc2)CC[C@@]1(C)O. The molecule has 5 heteroatoms. The Hall–Kier alpha value is -1.69. The van der Waals surface area contributed by atoms with Crippen LogP contribution in [0.5, 0.6) is 0 Å². The number of rotatable bonds is 7. The summed E-state index contributed by atoms with van der Waals surface area (Å²) in [5, 5.41) is 16.5. The molecule has 1 aromatic carbocycles. The molecule has 3 rings (SSSR count). The number of nitrogens with one attached hydrogen (secondary N) is 1. The first kappa shape index (κ1) is 23.0. The van der Waals surface area contributed by atoms with Crippen molar-refractivity contribution in [1.29, 1.82) is 0 Å². The highest BCUT2D eigenvalue weighted by molar-refractivity contribution is 7.10. The third-order valence-corrected chi connectivity index (χ3v) is 6.82. The van der Waals surface area contributed by atoms with E-state index in [1.165, 1.54) is 10.4 Å². The van der Waals surface area contributed by atoms with E-state index >= 15 is 0 Å². The van der Waals surface area contributed by atoms with Crippen molar-refractivity contribution >= 4 is 17.2 Å². The third kappa shape index (κ3) is 6.16. The number of thiophene rings is 1. The monoisotopic (exact) mass is 428 g/mol. The molecule has 1 aromatic heterocycles. The van der Waals surface area contributed by atoms with Crippen LogP contribution in [0.1, 0.15) is 63.4 Å². The van der Waals surface area contributed by atoms with Gasteiger partial charge in [0, 0.05) is 17.8 Å². The molecule has 2 aromatic rings. The van der Waals surface area contributed by atoms with Crippen LogP contribution in [0.4, 0.5) is 0 Å². The van der Waals surface area contributed by atoms with Gasteiger partial charge in [-0.25, -0.2) is 0 Å². The number of carbonyl (C=O) groups excluding carboxylic acids is 1. The summed E-state index contributed by atoms with van der Waals surface area (Å²) in [5.41, 5.74) is 0.334. The summed E-state index contributed by atoms with van der Waals surface area (Å²) in [6.07, 6.45) is 3.19. The summed E-state index contributed by atoms with van der Waals surface area (Å²) in [6, 6.07) is 14.4. The quantitative estimate of drug-likeness (QED) is 0.666. The van der Waals surface area contributed by atoms with Gasteiger partial charge in [-0.05, 0) is 55.2 Å². The summed E-state index contributed by atoms with van der Waals surface area (Å²) in [7, 11) is 0. The number of nitrogens with zero attached hydrogens (tertiary/aromatic N) is 1. The summed E-state index contributed by atoms with van der Waals surface area (Å²) in [5.74, 6) is 0.0143. The number of aliphatic hydroxyl groups is 1. The average molecular weight is 429 g/mol. The molecular weight excluding hydrogens is 392 g/mol. The van der Waals surface area contributed by atoms with Crippen molar-refractivity contribution in [1.82, 2.24) is 10.2 Å². The fourth-order valence-corrected chi connectivity index (χ4v) is 5.24. The smallest absolute Gasteiger partial charge is 0.220 e. The first-order valence-corrected chi connectivity index (χ1v) is 11.9. The van der Waals surface area contributed by atoms with Gasteiger partial charge in [-0.15, -0.1) is 11.3 Å². The van der Waals surface area contributed by atoms with Crippen LogP contribution in [0, 0.1) is 5.41 Å². The second-order valence-electron chi connectivity index (χ2n) is 9.98. The molecule has 0 unspecified atom stereocenters. The van der Waals surface area contributed by atoms with Gasteiger partial charge in [0.2, 0.25) is 5.91 Å². The van der Waals surface area contributed by atoms with Gasteiger partial charge >= 0.3 is 0 Å². The summed E-state index contributed by atoms with van der Waals surface area (Å²) >= 11 is 1.70. The maximum atomic E-state index is 12.8. The van der Waals surface area contributed by atoms with Crippen LogP contribution in [0.25, 0.3) is 0 Å². The zero-order valence-electron chi connectivity index (χ0n) is 18.7. The number of amides is 1. The zero-order valence-corrected chi connectivity index (χ0v) is 19.5. The molecule has 0 radical (unpaired) electrons. The minimum atomic E-state index is -0.932. The van der Waals surface area contributed by atoms with Gasteiger partial charge in [0.1, 0.15) is 0 Å². The van der Waals surface area contributed by atoms with E-state index in [4.69, 9.17) is 0 Å². The molecule has 0 aliphatic carbocycles. The van der Waals surface area contributed by atoms with Crippen molar-refractivity contribution in [2.24, 2.45) is 5.41 Å². The fraction of sp³-hybridized carbons (Fsp3) is 0.560. The molecular formula is C25H36N2O2S. The molecule has 1 amide bonds. The summed E-state index contributed by atoms with van der Waals surface area (Å²) in [4.78, 5) is 16.5. The molecule has 0 spiro atoms. The number of piperidine rings is 1. The lowest BCUT2D eigenvalue weighted by molar-refractivity contribution is -0.130. The van der Waals surface area contributed by atoms with E-state index in [1.54, 1.807) is 11.3 Å². The maximum absolute atomic E-state index is 12.8. The van der Waals surface area contributed by atoms with Crippen molar-refractivity contribution in [3.8, 4) is 0 Å². The van der Waals surface area contributed by atoms with Crippen molar-refractivity contribution in [3.05, 3.63) is 58.3 Å². The van der Waals surface area contributed by atoms with Crippen molar-refractivity contribution in [2.45, 2.75) is 71.1 Å². The lowest BCUT2D eigenvalue weighted by Crippen LogP contribution is -2.62. The zero-order chi connectivity index (χ0) is 21.8. The van der Waals surface area contributed by atoms with Gasteiger partial charge in [0.15, 0.2) is 0 Å². The van der Waals surface area contributed by atoms with Gasteiger partial charge in [0.25, 0.3) is 0 Å². The minimum absolute atomic E-state index is 0.00607. The molecule has 2 N–H and O–H groups in total. The Bertz CT molecular complexity index is 796. The minimum Gasteiger partial charge on any atom is -0.388 e. The molecule has 4 nitrogen and oxygen atoms in total. The largest absolute Gasteiger partial charge is 0.388 e. The molecule has 164 valence electrons. The third-order valence-electron chi connectivity index (χ3n) is 5.88. The number of benzene rings is 1. The van der Waals surface area contributed by atoms with Crippen molar-refractivity contribution < 1.29 is 9.90 Å². The molecule has 1 saturated heterocycles. The highest BCUT2D eigenvalue weighted by atomic mass is 32.1. The van der Waals surface area contributed by atoms with Crippen LogP contribution in [0.15, 0.2) is 47.8 Å². The van der Waals surface area contributed by atoms with E-state index in [-0.39, 0.29) is 23.4 Å². The van der Waals surface area contributed by atoms with E-state index in [0.717, 1.165) is 25.9 Å². The van der Waals surface area contributed by atoms with Crippen LogP contribution in [-0.2, 0) is 11.2 Å². The highest BCUT2D eigenvalue weighted by Crippen LogP contribution is 2.39. The molecule has 1 aliphatic rings. The highest BCUT2D eigenvalue weighted by Gasteiger charge is 2.46. The van der Waals surface area contributed by atoms with Crippen LogP contribution in [0.3, 0.4) is 0 Å². The molecule has 1 fully saturated rings. The molecule has 1 aliphatic heterocycles. The van der Waals surface area contributed by atoms with Crippen molar-refractivity contribution in [2.75, 3.05) is 13.1 Å². The normalized spacial score (nSPS) is 25.2. The Morgan fingerprint density at radius 1 is 1.23 bits per heavy atom. The van der Waals surface area contributed by atoms with E-state index in [1.807, 2.05) is 13.0 Å². The molecule has 0 saturated carbocycles. The molecule has 2 heterocycles. The second kappa shape index (κ2) is 9.63. The van der Waals surface area contributed by atoms with Crippen LogP contribution in [-0.4, -0.2) is 40.6 Å². The van der Waals surface area contributed by atoms with Gasteiger partial charge < -0.3 is 10.4 Å². The van der Waals surface area contributed by atoms with Gasteiger partial charge in [-0.1, -0.05) is 57.2 Å². The topological polar surface area (TPSA) is 52.6 Å². The van der Waals surface area contributed by atoms with E-state index in [2.05, 4.69) is 72.8 Å². The molecule has 30 heavy (non-hydrogen) atoms. The Morgan fingerprint density at radius 2 is 1.97 bits per heavy atom. The first-order chi connectivity index (χ1) is 14.2. The van der Waals surface area contributed by atoms with Gasteiger partial charge in [-0.2, -0.15) is 0 Å². The number of carbonyl (C=O) groups is 1. The van der Waals surface area contributed by atoms with Crippen LogP contribution in [0.2, 0.25) is 0 Å². The predicted molar refractivity (Wildman–Crippen MR) is 125 cm³/mol. The molecule has 3 atom stereocenters. The van der Waals surface area contributed by atoms with Gasteiger partial charge in [-0.3, -0.25) is 9.69 Å². The van der Waals surface area contributed by atoms with E-state index in [0.29, 0.717) is 12.8 Å². The lowest BCUT2D eigenvalue weighted by atomic mass is 9.81.